The van der Waals surface area contributed by atoms with Gasteiger partial charge in [-0.3, -0.25) is 4.90 Å². The predicted octanol–water partition coefficient (Wildman–Crippen LogP) is 3.81. The molecule has 2 aliphatic rings. The van der Waals surface area contributed by atoms with E-state index in [1.807, 2.05) is 0 Å². The van der Waals surface area contributed by atoms with E-state index in [1.165, 1.54) is 57.8 Å². The standard InChI is InChI=1S/C17H34N2/c1-4-8-14-11-12-16(18-5-2)17(13-14)19(3)15-9-6-7-10-15/h14-18H,4-13H2,1-3H3. The van der Waals surface area contributed by atoms with Crippen molar-refractivity contribution in [2.75, 3.05) is 13.6 Å². The molecule has 112 valence electrons. The van der Waals surface area contributed by atoms with Gasteiger partial charge in [-0.1, -0.05) is 39.5 Å². The average molecular weight is 266 g/mol. The highest BCUT2D eigenvalue weighted by molar-refractivity contribution is 4.93. The maximum atomic E-state index is 3.76. The lowest BCUT2D eigenvalue weighted by Gasteiger charge is -2.44. The molecule has 0 amide bonds. The van der Waals surface area contributed by atoms with E-state index in [9.17, 15) is 0 Å². The van der Waals surface area contributed by atoms with E-state index >= 15 is 0 Å². The molecular formula is C17H34N2. The molecule has 0 heterocycles. The van der Waals surface area contributed by atoms with Crippen molar-refractivity contribution in [2.24, 2.45) is 5.92 Å². The molecule has 0 aromatic carbocycles. The third-order valence-corrected chi connectivity index (χ3v) is 5.51. The Morgan fingerprint density at radius 1 is 1.05 bits per heavy atom. The molecule has 19 heavy (non-hydrogen) atoms. The molecule has 0 aliphatic heterocycles. The first-order valence-electron chi connectivity index (χ1n) is 8.71. The molecule has 0 spiro atoms. The molecule has 2 heteroatoms. The normalized spacial score (nSPS) is 33.2. The van der Waals surface area contributed by atoms with Gasteiger partial charge in [0.05, 0.1) is 0 Å². The van der Waals surface area contributed by atoms with Crippen molar-refractivity contribution in [3.63, 3.8) is 0 Å². The van der Waals surface area contributed by atoms with E-state index in [2.05, 4.69) is 31.1 Å². The Kier molecular flexibility index (Phi) is 6.15. The summed E-state index contributed by atoms with van der Waals surface area (Å²) in [6, 6.07) is 2.39. The Morgan fingerprint density at radius 2 is 1.79 bits per heavy atom. The van der Waals surface area contributed by atoms with Gasteiger partial charge in [0.1, 0.15) is 0 Å². The van der Waals surface area contributed by atoms with Gasteiger partial charge in [-0.15, -0.1) is 0 Å². The summed E-state index contributed by atoms with van der Waals surface area (Å²) in [6.45, 7) is 5.72. The fraction of sp³-hybridized carbons (Fsp3) is 1.00. The predicted molar refractivity (Wildman–Crippen MR) is 83.5 cm³/mol. The second kappa shape index (κ2) is 7.64. The minimum absolute atomic E-state index is 0.740. The highest BCUT2D eigenvalue weighted by atomic mass is 15.2. The van der Waals surface area contributed by atoms with Gasteiger partial charge in [-0.25, -0.2) is 0 Å². The SMILES string of the molecule is CCCC1CCC(NCC)C(N(C)C2CCCC2)C1. The third kappa shape index (κ3) is 3.95. The van der Waals surface area contributed by atoms with E-state index < -0.39 is 0 Å². The third-order valence-electron chi connectivity index (χ3n) is 5.51. The Balaban J connectivity index is 1.97. The first kappa shape index (κ1) is 15.3. The molecule has 2 rings (SSSR count). The molecule has 3 unspecified atom stereocenters. The van der Waals surface area contributed by atoms with Crippen LogP contribution in [0, 0.1) is 5.92 Å². The minimum Gasteiger partial charge on any atom is -0.313 e. The number of nitrogens with zero attached hydrogens (tertiary/aromatic N) is 1. The minimum atomic E-state index is 0.740. The maximum absolute atomic E-state index is 3.76. The zero-order valence-corrected chi connectivity index (χ0v) is 13.3. The summed E-state index contributed by atoms with van der Waals surface area (Å²) in [7, 11) is 2.40. The Morgan fingerprint density at radius 3 is 2.42 bits per heavy atom. The summed E-state index contributed by atoms with van der Waals surface area (Å²) in [4.78, 5) is 2.75. The van der Waals surface area contributed by atoms with Crippen LogP contribution in [-0.4, -0.2) is 36.6 Å². The largest absolute Gasteiger partial charge is 0.313 e. The highest BCUT2D eigenvalue weighted by Crippen LogP contribution is 2.34. The number of nitrogens with one attached hydrogen (secondary N) is 1. The average Bonchev–Trinajstić information content (AvgIpc) is 2.94. The van der Waals surface area contributed by atoms with Crippen LogP contribution in [0.2, 0.25) is 0 Å². The summed E-state index contributed by atoms with van der Waals surface area (Å²) in [5, 5.41) is 3.76. The Labute approximate surface area is 120 Å². The molecular weight excluding hydrogens is 232 g/mol. The van der Waals surface area contributed by atoms with Crippen LogP contribution in [0.1, 0.15) is 71.6 Å². The van der Waals surface area contributed by atoms with Crippen molar-refractivity contribution in [3.8, 4) is 0 Å². The van der Waals surface area contributed by atoms with Crippen molar-refractivity contribution < 1.29 is 0 Å². The second-order valence-corrected chi connectivity index (χ2v) is 6.80. The lowest BCUT2D eigenvalue weighted by atomic mass is 9.79. The van der Waals surface area contributed by atoms with Gasteiger partial charge in [0.25, 0.3) is 0 Å². The fourth-order valence-corrected chi connectivity index (χ4v) is 4.43. The number of hydrogen-bond donors (Lipinski definition) is 1. The summed E-state index contributed by atoms with van der Waals surface area (Å²) in [5.41, 5.74) is 0. The zero-order chi connectivity index (χ0) is 13.7. The number of rotatable bonds is 6. The Hall–Kier alpha value is -0.0800. The number of likely N-dealkylation sites (N-methyl/N-ethyl adjacent to an activating group) is 2. The summed E-state index contributed by atoms with van der Waals surface area (Å²) in [6.07, 6.45) is 12.8. The first-order chi connectivity index (χ1) is 9.26. The van der Waals surface area contributed by atoms with Crippen molar-refractivity contribution >= 4 is 0 Å². The van der Waals surface area contributed by atoms with Crippen LogP contribution < -0.4 is 5.32 Å². The molecule has 0 radical (unpaired) electrons. The van der Waals surface area contributed by atoms with Crippen LogP contribution in [-0.2, 0) is 0 Å². The first-order valence-corrected chi connectivity index (χ1v) is 8.71. The van der Waals surface area contributed by atoms with Crippen LogP contribution in [0.4, 0.5) is 0 Å². The number of hydrogen-bond acceptors (Lipinski definition) is 2. The van der Waals surface area contributed by atoms with Gasteiger partial charge in [0, 0.05) is 18.1 Å². The van der Waals surface area contributed by atoms with Crippen LogP contribution in [0.5, 0.6) is 0 Å². The molecule has 2 saturated carbocycles. The quantitative estimate of drug-likeness (QED) is 0.786. The summed E-state index contributed by atoms with van der Waals surface area (Å²) in [5.74, 6) is 0.980. The van der Waals surface area contributed by atoms with E-state index in [0.717, 1.165) is 30.6 Å². The smallest absolute Gasteiger partial charge is 0.0251 e. The zero-order valence-electron chi connectivity index (χ0n) is 13.3. The lowest BCUT2D eigenvalue weighted by molar-refractivity contribution is 0.0834. The summed E-state index contributed by atoms with van der Waals surface area (Å²) < 4.78 is 0. The highest BCUT2D eigenvalue weighted by Gasteiger charge is 2.35. The van der Waals surface area contributed by atoms with Gasteiger partial charge in [-0.2, -0.15) is 0 Å². The molecule has 1 N–H and O–H groups in total. The maximum Gasteiger partial charge on any atom is 0.0251 e. The molecule has 0 aromatic heterocycles. The van der Waals surface area contributed by atoms with Gasteiger partial charge < -0.3 is 5.32 Å². The molecule has 0 bridgehead atoms. The van der Waals surface area contributed by atoms with Crippen molar-refractivity contribution in [1.29, 1.82) is 0 Å². The topological polar surface area (TPSA) is 15.3 Å². The molecule has 2 fully saturated rings. The Bertz CT molecular complexity index is 248. The van der Waals surface area contributed by atoms with Crippen LogP contribution >= 0.6 is 0 Å². The van der Waals surface area contributed by atoms with Crippen LogP contribution in [0.25, 0.3) is 0 Å². The van der Waals surface area contributed by atoms with Crippen molar-refractivity contribution in [3.05, 3.63) is 0 Å². The molecule has 2 nitrogen and oxygen atoms in total. The van der Waals surface area contributed by atoms with Gasteiger partial charge >= 0.3 is 0 Å². The summed E-state index contributed by atoms with van der Waals surface area (Å²) >= 11 is 0. The van der Waals surface area contributed by atoms with Crippen LogP contribution in [0.3, 0.4) is 0 Å². The molecule has 0 saturated heterocycles. The fourth-order valence-electron chi connectivity index (χ4n) is 4.43. The molecule has 0 aromatic rings. The molecule has 3 atom stereocenters. The van der Waals surface area contributed by atoms with Gasteiger partial charge in [0.15, 0.2) is 0 Å². The lowest BCUT2D eigenvalue weighted by Crippen LogP contribution is -2.54. The van der Waals surface area contributed by atoms with Gasteiger partial charge in [0.2, 0.25) is 0 Å². The molecule has 2 aliphatic carbocycles. The van der Waals surface area contributed by atoms with Crippen molar-refractivity contribution in [2.45, 2.75) is 89.8 Å². The second-order valence-electron chi connectivity index (χ2n) is 6.80. The van der Waals surface area contributed by atoms with Crippen molar-refractivity contribution in [1.82, 2.24) is 10.2 Å². The van der Waals surface area contributed by atoms with Crippen LogP contribution in [0.15, 0.2) is 0 Å². The van der Waals surface area contributed by atoms with E-state index in [1.54, 1.807) is 0 Å². The van der Waals surface area contributed by atoms with E-state index in [4.69, 9.17) is 0 Å². The van der Waals surface area contributed by atoms with E-state index in [-0.39, 0.29) is 0 Å². The van der Waals surface area contributed by atoms with Gasteiger partial charge in [-0.05, 0) is 51.6 Å². The monoisotopic (exact) mass is 266 g/mol. The van der Waals surface area contributed by atoms with E-state index in [0.29, 0.717) is 0 Å².